The van der Waals surface area contributed by atoms with Gasteiger partial charge in [-0.3, -0.25) is 0 Å². The normalized spacial score (nSPS) is 12.9. The van der Waals surface area contributed by atoms with Gasteiger partial charge < -0.3 is 4.80 Å². The third-order valence-electron chi connectivity index (χ3n) is 1.39. The lowest BCUT2D eigenvalue weighted by molar-refractivity contribution is -0.208. The van der Waals surface area contributed by atoms with Crippen molar-refractivity contribution in [2.45, 2.75) is 32.5 Å². The van der Waals surface area contributed by atoms with E-state index in [1.807, 2.05) is 26.9 Å². The lowest BCUT2D eigenvalue weighted by atomic mass is 10.6. The van der Waals surface area contributed by atoms with Crippen molar-refractivity contribution in [3.63, 3.8) is 0 Å². The Morgan fingerprint density at radius 1 is 1.29 bits per heavy atom. The first-order chi connectivity index (χ1) is 2.94. The summed E-state index contributed by atoms with van der Waals surface area (Å²) < 4.78 is 0. The van der Waals surface area contributed by atoms with E-state index in [-0.39, 0.29) is 0 Å². The quantitative estimate of drug-likeness (QED) is 0.469. The van der Waals surface area contributed by atoms with Gasteiger partial charge in [-0.1, -0.05) is 40.8 Å². The van der Waals surface area contributed by atoms with Crippen molar-refractivity contribution in [2.75, 3.05) is 0 Å². The maximum absolute atomic E-state index is 10.9. The van der Waals surface area contributed by atoms with E-state index in [4.69, 9.17) is 0 Å². The number of rotatable bonds is 1. The second-order valence-electron chi connectivity index (χ2n) is 2.76. The Bertz CT molecular complexity index is 53.6. The van der Waals surface area contributed by atoms with Crippen molar-refractivity contribution >= 4 is 8.32 Å². The standard InChI is InChI=1S/C5H13OSi/c1-5(2)7(3,4)6/h5H,1-4H3/q-1. The molecule has 0 aliphatic heterocycles. The van der Waals surface area contributed by atoms with E-state index >= 15 is 0 Å². The molecule has 0 spiro atoms. The number of hydrogen-bond donors (Lipinski definition) is 0. The molecule has 0 saturated carbocycles. The molecule has 0 fully saturated rings. The van der Waals surface area contributed by atoms with Gasteiger partial charge in [0.15, 0.2) is 0 Å². The van der Waals surface area contributed by atoms with Crippen molar-refractivity contribution in [3.8, 4) is 0 Å². The largest absolute Gasteiger partial charge is 0.858 e. The van der Waals surface area contributed by atoms with E-state index in [1.54, 1.807) is 0 Å². The minimum atomic E-state index is -1.98. The fraction of sp³-hybridized carbons (Fsp3) is 1.00. The van der Waals surface area contributed by atoms with Gasteiger partial charge in [-0.25, -0.2) is 0 Å². The van der Waals surface area contributed by atoms with Crippen LogP contribution in [0.4, 0.5) is 0 Å². The third-order valence-corrected chi connectivity index (χ3v) is 4.17. The summed E-state index contributed by atoms with van der Waals surface area (Å²) in [4.78, 5) is 10.9. The SMILES string of the molecule is CC(C)[Si](C)(C)[O-]. The van der Waals surface area contributed by atoms with Crippen LogP contribution >= 0.6 is 0 Å². The van der Waals surface area contributed by atoms with Crippen LogP contribution in [0.1, 0.15) is 13.8 Å². The Kier molecular flexibility index (Phi) is 2.02. The molecule has 0 aliphatic carbocycles. The molecule has 1 nitrogen and oxygen atoms in total. The monoisotopic (exact) mass is 117 g/mol. The van der Waals surface area contributed by atoms with Crippen molar-refractivity contribution in [1.29, 1.82) is 0 Å². The summed E-state index contributed by atoms with van der Waals surface area (Å²) in [5.41, 5.74) is 0.382. The summed E-state index contributed by atoms with van der Waals surface area (Å²) in [6, 6.07) is 0. The molecule has 0 radical (unpaired) electrons. The minimum absolute atomic E-state index is 0.382. The Hall–Kier alpha value is 0.177. The fourth-order valence-electron chi connectivity index (χ4n) is 0. The summed E-state index contributed by atoms with van der Waals surface area (Å²) >= 11 is 0. The van der Waals surface area contributed by atoms with E-state index in [0.29, 0.717) is 5.54 Å². The van der Waals surface area contributed by atoms with Gasteiger partial charge in [-0.2, -0.15) is 0 Å². The first-order valence-corrected chi connectivity index (χ1v) is 5.63. The van der Waals surface area contributed by atoms with Crippen LogP contribution in [0.2, 0.25) is 18.6 Å². The van der Waals surface area contributed by atoms with Gasteiger partial charge in [0.2, 0.25) is 0 Å². The van der Waals surface area contributed by atoms with Crippen LogP contribution in [0.3, 0.4) is 0 Å². The van der Waals surface area contributed by atoms with Crippen molar-refractivity contribution in [2.24, 2.45) is 0 Å². The van der Waals surface area contributed by atoms with Crippen LogP contribution < -0.4 is 4.80 Å². The molecule has 44 valence electrons. The molecule has 0 aliphatic rings. The summed E-state index contributed by atoms with van der Waals surface area (Å²) in [6.45, 7) is 7.69. The zero-order chi connectivity index (χ0) is 6.08. The maximum Gasteiger partial charge on any atom is -0.0506 e. The second kappa shape index (κ2) is 1.97. The Labute approximate surface area is 46.5 Å². The van der Waals surface area contributed by atoms with E-state index in [1.165, 1.54) is 0 Å². The second-order valence-corrected chi connectivity index (χ2v) is 7.12. The van der Waals surface area contributed by atoms with Crippen LogP contribution in [0, 0.1) is 0 Å². The Morgan fingerprint density at radius 2 is 1.43 bits per heavy atom. The minimum Gasteiger partial charge on any atom is -0.858 e. The highest BCUT2D eigenvalue weighted by atomic mass is 28.4. The van der Waals surface area contributed by atoms with E-state index < -0.39 is 8.32 Å². The zero-order valence-corrected chi connectivity index (χ0v) is 6.49. The van der Waals surface area contributed by atoms with Gasteiger partial charge in [0.25, 0.3) is 0 Å². The topological polar surface area (TPSA) is 23.1 Å². The van der Waals surface area contributed by atoms with Crippen LogP contribution in [0.5, 0.6) is 0 Å². The van der Waals surface area contributed by atoms with Crippen LogP contribution in [-0.2, 0) is 0 Å². The predicted molar refractivity (Wildman–Crippen MR) is 32.6 cm³/mol. The Morgan fingerprint density at radius 3 is 1.43 bits per heavy atom. The Balaban J connectivity index is 3.54. The molecule has 0 amide bonds. The molecular weight excluding hydrogens is 104 g/mol. The van der Waals surface area contributed by atoms with Gasteiger partial charge >= 0.3 is 0 Å². The van der Waals surface area contributed by atoms with Gasteiger partial charge in [-0.15, -0.1) is 0 Å². The molecule has 2 heteroatoms. The molecule has 0 N–H and O–H groups in total. The van der Waals surface area contributed by atoms with Crippen molar-refractivity contribution in [3.05, 3.63) is 0 Å². The van der Waals surface area contributed by atoms with E-state index in [2.05, 4.69) is 0 Å². The van der Waals surface area contributed by atoms with Crippen molar-refractivity contribution < 1.29 is 4.80 Å². The average molecular weight is 117 g/mol. The summed E-state index contributed by atoms with van der Waals surface area (Å²) in [5, 5.41) is 0. The predicted octanol–water partition coefficient (Wildman–Crippen LogP) is 0.962. The highest BCUT2D eigenvalue weighted by molar-refractivity contribution is 6.69. The van der Waals surface area contributed by atoms with E-state index in [0.717, 1.165) is 0 Å². The zero-order valence-electron chi connectivity index (χ0n) is 5.49. The molecule has 0 aromatic rings. The summed E-state index contributed by atoms with van der Waals surface area (Å²) in [6.07, 6.45) is 0. The number of hydrogen-bond acceptors (Lipinski definition) is 1. The summed E-state index contributed by atoms with van der Waals surface area (Å²) in [5.74, 6) is 0. The molecule has 0 aromatic heterocycles. The molecule has 0 rings (SSSR count). The highest BCUT2D eigenvalue weighted by Gasteiger charge is 2.07. The molecule has 0 bridgehead atoms. The first kappa shape index (κ1) is 7.18. The molecule has 0 heterocycles. The summed E-state index contributed by atoms with van der Waals surface area (Å²) in [7, 11) is -1.98. The van der Waals surface area contributed by atoms with Crippen LogP contribution in [-0.4, -0.2) is 8.32 Å². The molecule has 0 unspecified atom stereocenters. The van der Waals surface area contributed by atoms with Gasteiger partial charge in [0.1, 0.15) is 0 Å². The van der Waals surface area contributed by atoms with Gasteiger partial charge in [-0.05, 0) is 0 Å². The maximum atomic E-state index is 10.9. The molecule has 0 atom stereocenters. The molecule has 0 saturated heterocycles. The first-order valence-electron chi connectivity index (χ1n) is 2.65. The molecular formula is C5H13OSi-. The van der Waals surface area contributed by atoms with E-state index in [9.17, 15) is 4.80 Å². The lowest BCUT2D eigenvalue weighted by Gasteiger charge is -2.33. The average Bonchev–Trinajstić information content (AvgIpc) is 1.31. The van der Waals surface area contributed by atoms with Gasteiger partial charge in [0, 0.05) is 0 Å². The van der Waals surface area contributed by atoms with Crippen molar-refractivity contribution in [1.82, 2.24) is 0 Å². The molecule has 7 heavy (non-hydrogen) atoms. The van der Waals surface area contributed by atoms with Crippen LogP contribution in [0.25, 0.3) is 0 Å². The lowest BCUT2D eigenvalue weighted by Crippen LogP contribution is -2.45. The smallest absolute Gasteiger partial charge is 0.0506 e. The third kappa shape index (κ3) is 2.82. The molecule has 0 aromatic carbocycles. The van der Waals surface area contributed by atoms with Crippen LogP contribution in [0.15, 0.2) is 0 Å². The van der Waals surface area contributed by atoms with Gasteiger partial charge in [0.05, 0.1) is 0 Å². The fourth-order valence-corrected chi connectivity index (χ4v) is 0. The highest BCUT2D eigenvalue weighted by Crippen LogP contribution is 2.11.